The second-order valence-electron chi connectivity index (χ2n) is 5.48. The third kappa shape index (κ3) is 4.22. The van der Waals surface area contributed by atoms with Crippen LogP contribution in [0.4, 0.5) is 0 Å². The summed E-state index contributed by atoms with van der Waals surface area (Å²) in [5.41, 5.74) is 5.90. The van der Waals surface area contributed by atoms with Gasteiger partial charge in [-0.25, -0.2) is 9.98 Å². The van der Waals surface area contributed by atoms with Gasteiger partial charge in [-0.2, -0.15) is 5.10 Å². The molecule has 0 amide bonds. The Morgan fingerprint density at radius 2 is 2.16 bits per heavy atom. The first-order valence-electron chi connectivity index (χ1n) is 7.13. The van der Waals surface area contributed by atoms with Crippen molar-refractivity contribution in [1.82, 2.24) is 20.5 Å². The van der Waals surface area contributed by atoms with Gasteiger partial charge in [-0.15, -0.1) is 0 Å². The highest BCUT2D eigenvalue weighted by molar-refractivity contribution is 5.78. The lowest BCUT2D eigenvalue weighted by Gasteiger charge is -2.23. The molecule has 4 N–H and O–H groups in total. The lowest BCUT2D eigenvalue weighted by Crippen LogP contribution is -2.41. The molecular weight excluding hydrogens is 240 g/mol. The molecule has 19 heavy (non-hydrogen) atoms. The van der Waals surface area contributed by atoms with Crippen LogP contribution in [0.2, 0.25) is 0 Å². The van der Waals surface area contributed by atoms with Crippen LogP contribution in [0.25, 0.3) is 0 Å². The van der Waals surface area contributed by atoms with Gasteiger partial charge in [0.25, 0.3) is 0 Å². The highest BCUT2D eigenvalue weighted by Crippen LogP contribution is 2.17. The molecule has 106 valence electrons. The fraction of sp³-hybridized carbons (Fsp3) is 0.769. The van der Waals surface area contributed by atoms with Crippen LogP contribution < -0.4 is 11.1 Å². The van der Waals surface area contributed by atoms with E-state index in [1.807, 2.05) is 0 Å². The van der Waals surface area contributed by atoms with Crippen LogP contribution in [0.5, 0.6) is 0 Å². The van der Waals surface area contributed by atoms with Crippen molar-refractivity contribution in [2.24, 2.45) is 10.7 Å². The molecule has 0 atom stereocenters. The van der Waals surface area contributed by atoms with Crippen LogP contribution in [0, 0.1) is 0 Å². The van der Waals surface area contributed by atoms with Gasteiger partial charge in [0.15, 0.2) is 11.8 Å². The number of nitrogens with zero attached hydrogens (tertiary/aromatic N) is 3. The zero-order chi connectivity index (χ0) is 13.7. The standard InChI is InChI=1S/C13H24N6/c1-9(2)12-17-11(18-19-12)8-15-13(14)16-10-6-4-3-5-7-10/h9-10H,3-8H2,1-2H3,(H3,14,15,16)(H,17,18,19). The van der Waals surface area contributed by atoms with Crippen molar-refractivity contribution in [3.05, 3.63) is 11.6 Å². The van der Waals surface area contributed by atoms with Gasteiger partial charge in [0, 0.05) is 12.0 Å². The van der Waals surface area contributed by atoms with Crippen LogP contribution in [-0.2, 0) is 6.54 Å². The highest BCUT2D eigenvalue weighted by Gasteiger charge is 2.13. The minimum Gasteiger partial charge on any atom is -0.370 e. The Labute approximate surface area is 114 Å². The van der Waals surface area contributed by atoms with Crippen molar-refractivity contribution >= 4 is 5.96 Å². The number of nitrogens with two attached hydrogens (primary N) is 1. The van der Waals surface area contributed by atoms with Gasteiger partial charge < -0.3 is 11.1 Å². The van der Waals surface area contributed by atoms with Crippen molar-refractivity contribution in [3.8, 4) is 0 Å². The molecule has 2 rings (SSSR count). The SMILES string of the molecule is CC(C)c1n[nH]c(CN=C(N)NC2CCCCC2)n1. The first kappa shape index (κ1) is 13.8. The number of aromatic nitrogens is 3. The second-order valence-corrected chi connectivity index (χ2v) is 5.48. The van der Waals surface area contributed by atoms with Gasteiger partial charge in [-0.1, -0.05) is 33.1 Å². The smallest absolute Gasteiger partial charge is 0.189 e. The molecule has 1 aromatic heterocycles. The molecular formula is C13H24N6. The first-order valence-corrected chi connectivity index (χ1v) is 7.13. The molecule has 1 saturated carbocycles. The topological polar surface area (TPSA) is 92.0 Å². The Bertz CT molecular complexity index is 417. The normalized spacial score (nSPS) is 17.9. The maximum Gasteiger partial charge on any atom is 0.189 e. The summed E-state index contributed by atoms with van der Waals surface area (Å²) in [6.45, 7) is 4.58. The number of aliphatic imine (C=N–C) groups is 1. The fourth-order valence-corrected chi connectivity index (χ4v) is 2.30. The number of hydrogen-bond donors (Lipinski definition) is 3. The van der Waals surface area contributed by atoms with Crippen molar-refractivity contribution in [1.29, 1.82) is 0 Å². The molecule has 1 fully saturated rings. The molecule has 0 radical (unpaired) electrons. The number of rotatable bonds is 4. The van der Waals surface area contributed by atoms with Crippen LogP contribution in [0.1, 0.15) is 63.5 Å². The zero-order valence-electron chi connectivity index (χ0n) is 11.8. The predicted octanol–water partition coefficient (Wildman–Crippen LogP) is 1.67. The average molecular weight is 264 g/mol. The van der Waals surface area contributed by atoms with E-state index in [1.54, 1.807) is 0 Å². The van der Waals surface area contributed by atoms with E-state index < -0.39 is 0 Å². The minimum atomic E-state index is 0.326. The number of aromatic amines is 1. The molecule has 1 aromatic rings. The number of guanidine groups is 1. The van der Waals surface area contributed by atoms with Crippen LogP contribution in [-0.4, -0.2) is 27.2 Å². The van der Waals surface area contributed by atoms with Crippen molar-refractivity contribution < 1.29 is 0 Å². The van der Waals surface area contributed by atoms with Gasteiger partial charge in [-0.3, -0.25) is 5.10 Å². The molecule has 0 spiro atoms. The molecule has 6 nitrogen and oxygen atoms in total. The van der Waals surface area contributed by atoms with E-state index in [0.717, 1.165) is 11.6 Å². The molecule has 0 unspecified atom stereocenters. The largest absolute Gasteiger partial charge is 0.370 e. The first-order chi connectivity index (χ1) is 9.15. The summed E-state index contributed by atoms with van der Waals surface area (Å²) >= 11 is 0. The predicted molar refractivity (Wildman–Crippen MR) is 75.8 cm³/mol. The molecule has 0 aliphatic heterocycles. The molecule has 1 aliphatic rings. The van der Waals surface area contributed by atoms with Crippen LogP contribution >= 0.6 is 0 Å². The number of nitrogens with one attached hydrogen (secondary N) is 2. The minimum absolute atomic E-state index is 0.326. The average Bonchev–Trinajstić information content (AvgIpc) is 2.86. The monoisotopic (exact) mass is 264 g/mol. The second kappa shape index (κ2) is 6.54. The van der Waals surface area contributed by atoms with Crippen LogP contribution in [0.15, 0.2) is 4.99 Å². The van der Waals surface area contributed by atoms with Gasteiger partial charge in [0.05, 0.1) is 0 Å². The maximum atomic E-state index is 5.90. The Morgan fingerprint density at radius 3 is 2.79 bits per heavy atom. The summed E-state index contributed by atoms with van der Waals surface area (Å²) < 4.78 is 0. The van der Waals surface area contributed by atoms with Gasteiger partial charge in [0.1, 0.15) is 12.4 Å². The molecule has 1 aliphatic carbocycles. The van der Waals surface area contributed by atoms with E-state index in [4.69, 9.17) is 5.73 Å². The molecule has 0 saturated heterocycles. The highest BCUT2D eigenvalue weighted by atomic mass is 15.2. The fourth-order valence-electron chi connectivity index (χ4n) is 2.30. The zero-order valence-corrected chi connectivity index (χ0v) is 11.8. The Hall–Kier alpha value is -1.59. The Balaban J connectivity index is 1.82. The summed E-state index contributed by atoms with van der Waals surface area (Å²) in [5.74, 6) is 2.42. The van der Waals surface area contributed by atoms with E-state index in [9.17, 15) is 0 Å². The lowest BCUT2D eigenvalue weighted by atomic mass is 9.96. The van der Waals surface area contributed by atoms with Crippen molar-refractivity contribution in [2.45, 2.75) is 64.5 Å². The van der Waals surface area contributed by atoms with Crippen LogP contribution in [0.3, 0.4) is 0 Å². The van der Waals surface area contributed by atoms with E-state index in [1.165, 1.54) is 32.1 Å². The van der Waals surface area contributed by atoms with E-state index >= 15 is 0 Å². The van der Waals surface area contributed by atoms with E-state index in [0.29, 0.717) is 24.5 Å². The van der Waals surface area contributed by atoms with Gasteiger partial charge in [-0.05, 0) is 12.8 Å². The van der Waals surface area contributed by atoms with Crippen molar-refractivity contribution in [3.63, 3.8) is 0 Å². The lowest BCUT2D eigenvalue weighted by molar-refractivity contribution is 0.412. The quantitative estimate of drug-likeness (QED) is 0.569. The Morgan fingerprint density at radius 1 is 1.42 bits per heavy atom. The summed E-state index contributed by atoms with van der Waals surface area (Å²) in [6.07, 6.45) is 6.28. The summed E-state index contributed by atoms with van der Waals surface area (Å²) in [4.78, 5) is 8.68. The number of H-pyrrole nitrogens is 1. The van der Waals surface area contributed by atoms with Gasteiger partial charge >= 0.3 is 0 Å². The molecule has 0 aromatic carbocycles. The third-order valence-corrected chi connectivity index (χ3v) is 3.42. The summed E-state index contributed by atoms with van der Waals surface area (Å²) in [7, 11) is 0. The summed E-state index contributed by atoms with van der Waals surface area (Å²) in [6, 6.07) is 0.485. The molecule has 0 bridgehead atoms. The molecule has 6 heteroatoms. The van der Waals surface area contributed by atoms with Crippen molar-refractivity contribution in [2.75, 3.05) is 0 Å². The third-order valence-electron chi connectivity index (χ3n) is 3.42. The molecule has 1 heterocycles. The van der Waals surface area contributed by atoms with E-state index in [-0.39, 0.29) is 0 Å². The Kier molecular flexibility index (Phi) is 4.76. The maximum absolute atomic E-state index is 5.90. The van der Waals surface area contributed by atoms with Gasteiger partial charge in [0.2, 0.25) is 0 Å². The number of hydrogen-bond acceptors (Lipinski definition) is 3. The summed E-state index contributed by atoms with van der Waals surface area (Å²) in [5, 5.41) is 10.3. The van der Waals surface area contributed by atoms with E-state index in [2.05, 4.69) is 39.3 Å².